The van der Waals surface area contributed by atoms with Crippen LogP contribution in [0, 0.1) is 5.92 Å². The van der Waals surface area contributed by atoms with Crippen LogP contribution in [0.4, 0.5) is 0 Å². The highest BCUT2D eigenvalue weighted by Gasteiger charge is 2.25. The number of halogens is 2. The fourth-order valence-electron chi connectivity index (χ4n) is 1.59. The van der Waals surface area contributed by atoms with Gasteiger partial charge in [0.2, 0.25) is 0 Å². The van der Waals surface area contributed by atoms with Crippen molar-refractivity contribution < 1.29 is 14.4 Å². The molecule has 7 heteroatoms. The standard InChI is InChI=1S/C13H16Cl2N2O3/c1-7(2)11(13(19)17-20-3)16-12(18)9-5-4-8(14)6-10(9)15/h4-7,11H,1-3H3,(H,16,18)(H,17,19). The molecule has 1 atom stereocenters. The summed E-state index contributed by atoms with van der Waals surface area (Å²) in [6, 6.07) is 3.81. The maximum Gasteiger partial charge on any atom is 0.266 e. The minimum absolute atomic E-state index is 0.111. The van der Waals surface area contributed by atoms with Crippen LogP contribution in [-0.4, -0.2) is 25.0 Å². The lowest BCUT2D eigenvalue weighted by Crippen LogP contribution is -2.49. The maximum atomic E-state index is 12.1. The van der Waals surface area contributed by atoms with Crippen molar-refractivity contribution in [1.82, 2.24) is 10.8 Å². The molecule has 1 aromatic rings. The summed E-state index contributed by atoms with van der Waals surface area (Å²) in [6.45, 7) is 3.62. The summed E-state index contributed by atoms with van der Waals surface area (Å²) in [7, 11) is 1.33. The van der Waals surface area contributed by atoms with Gasteiger partial charge in [-0.2, -0.15) is 0 Å². The number of nitrogens with one attached hydrogen (secondary N) is 2. The summed E-state index contributed by atoms with van der Waals surface area (Å²) in [6.07, 6.45) is 0. The Morgan fingerprint density at radius 1 is 1.25 bits per heavy atom. The van der Waals surface area contributed by atoms with Gasteiger partial charge in [-0.15, -0.1) is 0 Å². The van der Waals surface area contributed by atoms with Crippen molar-refractivity contribution in [1.29, 1.82) is 0 Å². The Bertz CT molecular complexity index is 506. The molecule has 0 aromatic heterocycles. The normalized spacial score (nSPS) is 12.1. The summed E-state index contributed by atoms with van der Waals surface area (Å²) >= 11 is 11.7. The van der Waals surface area contributed by atoms with E-state index in [-0.39, 0.29) is 16.5 Å². The number of amides is 2. The monoisotopic (exact) mass is 318 g/mol. The predicted octanol–water partition coefficient (Wildman–Crippen LogP) is 2.43. The number of rotatable bonds is 5. The molecule has 0 heterocycles. The lowest BCUT2D eigenvalue weighted by molar-refractivity contribution is -0.134. The number of hydrogen-bond donors (Lipinski definition) is 2. The van der Waals surface area contributed by atoms with Crippen LogP contribution in [0.2, 0.25) is 10.0 Å². The van der Waals surface area contributed by atoms with E-state index >= 15 is 0 Å². The van der Waals surface area contributed by atoms with Crippen molar-refractivity contribution in [2.24, 2.45) is 5.92 Å². The molecule has 0 aliphatic carbocycles. The number of hydrogen-bond acceptors (Lipinski definition) is 3. The highest BCUT2D eigenvalue weighted by molar-refractivity contribution is 6.36. The van der Waals surface area contributed by atoms with E-state index in [9.17, 15) is 9.59 Å². The molecular formula is C13H16Cl2N2O3. The Kier molecular flexibility index (Phi) is 6.26. The average Bonchev–Trinajstić information content (AvgIpc) is 2.35. The van der Waals surface area contributed by atoms with Crippen LogP contribution in [0.1, 0.15) is 24.2 Å². The topological polar surface area (TPSA) is 67.4 Å². The van der Waals surface area contributed by atoms with E-state index in [1.807, 2.05) is 13.8 Å². The van der Waals surface area contributed by atoms with Gasteiger partial charge in [-0.25, -0.2) is 5.48 Å². The Hall–Kier alpha value is -1.30. The van der Waals surface area contributed by atoms with Crippen LogP contribution in [0.5, 0.6) is 0 Å². The van der Waals surface area contributed by atoms with Crippen molar-refractivity contribution >= 4 is 35.0 Å². The number of carbonyl (C=O) groups is 2. The molecule has 20 heavy (non-hydrogen) atoms. The van der Waals surface area contributed by atoms with Crippen LogP contribution in [0.15, 0.2) is 18.2 Å². The first-order valence-electron chi connectivity index (χ1n) is 5.95. The zero-order valence-corrected chi connectivity index (χ0v) is 12.9. The van der Waals surface area contributed by atoms with Crippen molar-refractivity contribution in [2.75, 3.05) is 7.11 Å². The molecule has 1 rings (SSSR count). The van der Waals surface area contributed by atoms with Crippen LogP contribution in [0.3, 0.4) is 0 Å². The lowest BCUT2D eigenvalue weighted by Gasteiger charge is -2.21. The third-order valence-corrected chi connectivity index (χ3v) is 3.16. The smallest absolute Gasteiger partial charge is 0.266 e. The van der Waals surface area contributed by atoms with Gasteiger partial charge in [0.25, 0.3) is 11.8 Å². The zero-order valence-electron chi connectivity index (χ0n) is 11.4. The Balaban J connectivity index is 2.88. The molecule has 2 amide bonds. The quantitative estimate of drug-likeness (QED) is 0.819. The number of carbonyl (C=O) groups excluding carboxylic acids is 2. The first-order chi connectivity index (χ1) is 9.36. The second-order valence-electron chi connectivity index (χ2n) is 4.49. The highest BCUT2D eigenvalue weighted by atomic mass is 35.5. The molecule has 0 aliphatic rings. The Morgan fingerprint density at radius 2 is 1.90 bits per heavy atom. The molecule has 1 aromatic carbocycles. The zero-order chi connectivity index (χ0) is 15.3. The van der Waals surface area contributed by atoms with Gasteiger partial charge in [-0.05, 0) is 24.1 Å². The lowest BCUT2D eigenvalue weighted by atomic mass is 10.0. The van der Waals surface area contributed by atoms with Crippen molar-refractivity contribution in [3.05, 3.63) is 33.8 Å². The molecule has 0 aliphatic heterocycles. The van der Waals surface area contributed by atoms with E-state index in [0.717, 1.165) is 0 Å². The minimum atomic E-state index is -0.728. The van der Waals surface area contributed by atoms with E-state index in [1.54, 1.807) is 6.07 Å². The van der Waals surface area contributed by atoms with Gasteiger partial charge in [-0.1, -0.05) is 37.0 Å². The molecule has 2 N–H and O–H groups in total. The fraction of sp³-hybridized carbons (Fsp3) is 0.385. The molecule has 0 saturated carbocycles. The third-order valence-electron chi connectivity index (χ3n) is 2.61. The SMILES string of the molecule is CONC(=O)C(NC(=O)c1ccc(Cl)cc1Cl)C(C)C. The van der Waals surface area contributed by atoms with Gasteiger partial charge in [-0.3, -0.25) is 14.4 Å². The molecule has 0 saturated heterocycles. The van der Waals surface area contributed by atoms with Crippen LogP contribution in [0.25, 0.3) is 0 Å². The second-order valence-corrected chi connectivity index (χ2v) is 5.33. The van der Waals surface area contributed by atoms with Gasteiger partial charge in [0.05, 0.1) is 17.7 Å². The van der Waals surface area contributed by atoms with Gasteiger partial charge >= 0.3 is 0 Å². The van der Waals surface area contributed by atoms with Crippen LogP contribution >= 0.6 is 23.2 Å². The number of benzene rings is 1. The van der Waals surface area contributed by atoms with E-state index in [0.29, 0.717) is 5.02 Å². The summed E-state index contributed by atoms with van der Waals surface area (Å²) in [5.41, 5.74) is 2.46. The van der Waals surface area contributed by atoms with E-state index in [2.05, 4.69) is 15.6 Å². The Labute approximate surface area is 127 Å². The fourth-order valence-corrected chi connectivity index (χ4v) is 2.09. The van der Waals surface area contributed by atoms with Crippen LogP contribution in [-0.2, 0) is 9.63 Å². The minimum Gasteiger partial charge on any atom is -0.340 e. The molecule has 1 unspecified atom stereocenters. The first kappa shape index (κ1) is 16.8. The molecule has 0 radical (unpaired) electrons. The van der Waals surface area contributed by atoms with Gasteiger partial charge in [0.1, 0.15) is 6.04 Å². The van der Waals surface area contributed by atoms with Gasteiger partial charge < -0.3 is 5.32 Å². The molecular weight excluding hydrogens is 303 g/mol. The summed E-state index contributed by atoms with van der Waals surface area (Å²) in [5.74, 6) is -0.988. The molecule has 0 spiro atoms. The second kappa shape index (κ2) is 7.47. The number of hydroxylamine groups is 1. The molecule has 110 valence electrons. The van der Waals surface area contributed by atoms with Crippen molar-refractivity contribution in [2.45, 2.75) is 19.9 Å². The third kappa shape index (κ3) is 4.37. The Morgan fingerprint density at radius 3 is 2.40 bits per heavy atom. The largest absolute Gasteiger partial charge is 0.340 e. The van der Waals surface area contributed by atoms with Crippen molar-refractivity contribution in [3.63, 3.8) is 0 Å². The van der Waals surface area contributed by atoms with Gasteiger partial charge in [0.15, 0.2) is 0 Å². The summed E-state index contributed by atoms with van der Waals surface area (Å²) in [5, 5.41) is 3.28. The van der Waals surface area contributed by atoms with E-state index in [1.165, 1.54) is 19.2 Å². The highest BCUT2D eigenvalue weighted by Crippen LogP contribution is 2.21. The van der Waals surface area contributed by atoms with E-state index < -0.39 is 17.9 Å². The molecule has 5 nitrogen and oxygen atoms in total. The molecule has 0 fully saturated rings. The molecule has 0 bridgehead atoms. The summed E-state index contributed by atoms with van der Waals surface area (Å²) in [4.78, 5) is 28.5. The maximum absolute atomic E-state index is 12.1. The summed E-state index contributed by atoms with van der Waals surface area (Å²) < 4.78 is 0. The van der Waals surface area contributed by atoms with Crippen molar-refractivity contribution in [3.8, 4) is 0 Å². The van der Waals surface area contributed by atoms with Crippen LogP contribution < -0.4 is 10.8 Å². The predicted molar refractivity (Wildman–Crippen MR) is 77.7 cm³/mol. The first-order valence-corrected chi connectivity index (χ1v) is 6.71. The van der Waals surface area contributed by atoms with Gasteiger partial charge in [0, 0.05) is 5.02 Å². The van der Waals surface area contributed by atoms with E-state index in [4.69, 9.17) is 23.2 Å². The average molecular weight is 319 g/mol.